The summed E-state index contributed by atoms with van der Waals surface area (Å²) in [5.74, 6) is 0. The second-order valence-corrected chi connectivity index (χ2v) is 6.45. The van der Waals surface area contributed by atoms with E-state index < -0.39 is 10.2 Å². The van der Waals surface area contributed by atoms with Crippen molar-refractivity contribution in [3.8, 4) is 0 Å². The molecule has 2 unspecified atom stereocenters. The first-order valence-electron chi connectivity index (χ1n) is 6.46. The molecule has 2 atom stereocenters. The third kappa shape index (κ3) is 3.91. The van der Waals surface area contributed by atoms with Crippen LogP contribution in [-0.2, 0) is 10.2 Å². The summed E-state index contributed by atoms with van der Waals surface area (Å²) in [6.07, 6.45) is 4.07. The highest BCUT2D eigenvalue weighted by atomic mass is 32.2. The number of piperidine rings is 1. The Hall–Kier alpha value is -0.170. The molecular weight excluding hydrogens is 238 g/mol. The van der Waals surface area contributed by atoms with Crippen LogP contribution < -0.4 is 10.0 Å². The molecule has 0 aromatic carbocycles. The average Bonchev–Trinajstić information content (AvgIpc) is 2.36. The summed E-state index contributed by atoms with van der Waals surface area (Å²) in [5, 5.41) is 3.39. The minimum atomic E-state index is -3.30. The van der Waals surface area contributed by atoms with Crippen molar-refractivity contribution in [2.45, 2.75) is 51.6 Å². The van der Waals surface area contributed by atoms with E-state index >= 15 is 0 Å². The molecule has 1 saturated heterocycles. The first-order chi connectivity index (χ1) is 8.03. The van der Waals surface area contributed by atoms with Crippen molar-refractivity contribution in [1.82, 2.24) is 14.3 Å². The van der Waals surface area contributed by atoms with E-state index in [9.17, 15) is 8.42 Å². The van der Waals surface area contributed by atoms with Gasteiger partial charge in [-0.1, -0.05) is 13.3 Å². The van der Waals surface area contributed by atoms with Crippen molar-refractivity contribution in [1.29, 1.82) is 0 Å². The van der Waals surface area contributed by atoms with Crippen LogP contribution >= 0.6 is 0 Å². The summed E-state index contributed by atoms with van der Waals surface area (Å²) in [5.41, 5.74) is 0. The molecule has 0 bridgehead atoms. The molecule has 1 aliphatic rings. The van der Waals surface area contributed by atoms with Crippen molar-refractivity contribution in [2.75, 3.05) is 20.1 Å². The Balaban J connectivity index is 2.72. The van der Waals surface area contributed by atoms with E-state index in [-0.39, 0.29) is 12.1 Å². The van der Waals surface area contributed by atoms with Crippen molar-refractivity contribution >= 4 is 10.2 Å². The third-order valence-electron chi connectivity index (χ3n) is 3.36. The largest absolute Gasteiger partial charge is 0.313 e. The molecular formula is C11H25N3O2S. The maximum atomic E-state index is 11.9. The molecule has 102 valence electrons. The zero-order chi connectivity index (χ0) is 12.9. The molecule has 1 heterocycles. The molecule has 0 spiro atoms. The summed E-state index contributed by atoms with van der Waals surface area (Å²) in [7, 11) is -1.82. The Bertz CT molecular complexity index is 319. The van der Waals surface area contributed by atoms with Crippen molar-refractivity contribution < 1.29 is 8.42 Å². The lowest BCUT2D eigenvalue weighted by Crippen LogP contribution is -2.55. The first-order valence-corrected chi connectivity index (χ1v) is 7.90. The SMILES string of the molecule is CCCNC(C)C1CCCCN1S(=O)(=O)NC. The van der Waals surface area contributed by atoms with E-state index in [0.29, 0.717) is 6.54 Å². The van der Waals surface area contributed by atoms with Gasteiger partial charge in [0.05, 0.1) is 0 Å². The van der Waals surface area contributed by atoms with Gasteiger partial charge in [0, 0.05) is 25.7 Å². The van der Waals surface area contributed by atoms with Crippen LogP contribution in [0.25, 0.3) is 0 Å². The lowest BCUT2D eigenvalue weighted by atomic mass is 9.99. The van der Waals surface area contributed by atoms with E-state index in [1.807, 2.05) is 0 Å². The topological polar surface area (TPSA) is 61.4 Å². The molecule has 2 N–H and O–H groups in total. The van der Waals surface area contributed by atoms with Crippen LogP contribution in [0.2, 0.25) is 0 Å². The standard InChI is InChI=1S/C11H25N3O2S/c1-4-8-13-10(2)11-7-5-6-9-14(11)17(15,16)12-3/h10-13H,4-9H2,1-3H3. The fourth-order valence-corrected chi connectivity index (χ4v) is 3.60. The quantitative estimate of drug-likeness (QED) is 0.741. The summed E-state index contributed by atoms with van der Waals surface area (Å²) in [6.45, 7) is 5.75. The van der Waals surface area contributed by atoms with Gasteiger partial charge in [-0.2, -0.15) is 12.7 Å². The molecule has 0 amide bonds. The highest BCUT2D eigenvalue weighted by molar-refractivity contribution is 7.87. The Labute approximate surface area is 105 Å². The van der Waals surface area contributed by atoms with Gasteiger partial charge in [0.1, 0.15) is 0 Å². The van der Waals surface area contributed by atoms with Crippen LogP contribution in [0.15, 0.2) is 0 Å². The smallest absolute Gasteiger partial charge is 0.279 e. The minimum absolute atomic E-state index is 0.0766. The molecule has 1 fully saturated rings. The van der Waals surface area contributed by atoms with E-state index in [4.69, 9.17) is 0 Å². The molecule has 17 heavy (non-hydrogen) atoms. The second-order valence-electron chi connectivity index (χ2n) is 4.63. The summed E-state index contributed by atoms with van der Waals surface area (Å²) in [6, 6.07) is 0.283. The summed E-state index contributed by atoms with van der Waals surface area (Å²) in [4.78, 5) is 0. The van der Waals surface area contributed by atoms with Crippen molar-refractivity contribution in [3.63, 3.8) is 0 Å². The summed E-state index contributed by atoms with van der Waals surface area (Å²) >= 11 is 0. The Morgan fingerprint density at radius 3 is 2.71 bits per heavy atom. The predicted molar refractivity (Wildman–Crippen MR) is 70.1 cm³/mol. The van der Waals surface area contributed by atoms with Crippen molar-refractivity contribution in [3.05, 3.63) is 0 Å². The van der Waals surface area contributed by atoms with Gasteiger partial charge in [-0.3, -0.25) is 0 Å². The first kappa shape index (κ1) is 14.9. The molecule has 0 aromatic rings. The van der Waals surface area contributed by atoms with Gasteiger partial charge in [0.15, 0.2) is 0 Å². The van der Waals surface area contributed by atoms with Gasteiger partial charge >= 0.3 is 0 Å². The van der Waals surface area contributed by atoms with E-state index in [1.165, 1.54) is 7.05 Å². The van der Waals surface area contributed by atoms with Gasteiger partial charge in [-0.15, -0.1) is 0 Å². The van der Waals surface area contributed by atoms with E-state index in [2.05, 4.69) is 23.9 Å². The van der Waals surface area contributed by atoms with Crippen LogP contribution in [0.3, 0.4) is 0 Å². The fraction of sp³-hybridized carbons (Fsp3) is 1.00. The predicted octanol–water partition coefficient (Wildman–Crippen LogP) is 0.693. The lowest BCUT2D eigenvalue weighted by Gasteiger charge is -2.38. The zero-order valence-corrected chi connectivity index (χ0v) is 11.9. The number of hydrogen-bond donors (Lipinski definition) is 2. The number of rotatable bonds is 6. The van der Waals surface area contributed by atoms with Gasteiger partial charge in [0.25, 0.3) is 10.2 Å². The van der Waals surface area contributed by atoms with Crippen LogP contribution in [0.4, 0.5) is 0 Å². The minimum Gasteiger partial charge on any atom is -0.313 e. The molecule has 5 nitrogen and oxygen atoms in total. The number of nitrogens with zero attached hydrogens (tertiary/aromatic N) is 1. The average molecular weight is 263 g/mol. The monoisotopic (exact) mass is 263 g/mol. The third-order valence-corrected chi connectivity index (χ3v) is 4.95. The van der Waals surface area contributed by atoms with Crippen LogP contribution in [0, 0.1) is 0 Å². The van der Waals surface area contributed by atoms with Gasteiger partial charge in [-0.25, -0.2) is 4.72 Å². The molecule has 0 radical (unpaired) electrons. The van der Waals surface area contributed by atoms with Gasteiger partial charge < -0.3 is 5.32 Å². The van der Waals surface area contributed by atoms with E-state index in [1.54, 1.807) is 4.31 Å². The molecule has 0 aromatic heterocycles. The maximum absolute atomic E-state index is 11.9. The second kappa shape index (κ2) is 6.68. The van der Waals surface area contributed by atoms with Crippen LogP contribution in [0.5, 0.6) is 0 Å². The molecule has 6 heteroatoms. The number of nitrogens with one attached hydrogen (secondary N) is 2. The Morgan fingerprint density at radius 2 is 2.12 bits per heavy atom. The normalized spacial score (nSPS) is 24.8. The highest BCUT2D eigenvalue weighted by Crippen LogP contribution is 2.22. The number of hydrogen-bond acceptors (Lipinski definition) is 3. The van der Waals surface area contributed by atoms with E-state index in [0.717, 1.165) is 32.2 Å². The molecule has 1 aliphatic heterocycles. The highest BCUT2D eigenvalue weighted by Gasteiger charge is 2.34. The Morgan fingerprint density at radius 1 is 1.41 bits per heavy atom. The van der Waals surface area contributed by atoms with Crippen LogP contribution in [0.1, 0.15) is 39.5 Å². The molecule has 1 rings (SSSR count). The molecule has 0 saturated carbocycles. The van der Waals surface area contributed by atoms with Crippen molar-refractivity contribution in [2.24, 2.45) is 0 Å². The Kier molecular flexibility index (Phi) is 5.85. The lowest BCUT2D eigenvalue weighted by molar-refractivity contribution is 0.207. The maximum Gasteiger partial charge on any atom is 0.279 e. The summed E-state index contributed by atoms with van der Waals surface area (Å²) < 4.78 is 27.9. The van der Waals surface area contributed by atoms with Gasteiger partial charge in [-0.05, 0) is 32.7 Å². The van der Waals surface area contributed by atoms with Crippen LogP contribution in [-0.4, -0.2) is 44.9 Å². The molecule has 0 aliphatic carbocycles. The fourth-order valence-electron chi connectivity index (χ4n) is 2.35. The van der Waals surface area contributed by atoms with Gasteiger partial charge in [0.2, 0.25) is 0 Å². The zero-order valence-electron chi connectivity index (χ0n) is 11.1.